The minimum Gasteiger partial charge on any atom is -0.494 e. The predicted molar refractivity (Wildman–Crippen MR) is 80.6 cm³/mol. The lowest BCUT2D eigenvalue weighted by molar-refractivity contribution is 0.102. The maximum atomic E-state index is 12.3. The highest BCUT2D eigenvalue weighted by molar-refractivity contribution is 7.16. The Balaban J connectivity index is 1.95. The van der Waals surface area contributed by atoms with Crippen molar-refractivity contribution < 1.29 is 9.53 Å². The molecule has 0 saturated carbocycles. The van der Waals surface area contributed by atoms with E-state index in [1.54, 1.807) is 18.7 Å². The second kappa shape index (κ2) is 5.30. The Morgan fingerprint density at radius 3 is 2.80 bits per heavy atom. The zero-order chi connectivity index (χ0) is 13.9. The summed E-state index contributed by atoms with van der Waals surface area (Å²) in [4.78, 5) is 16.5. The quantitative estimate of drug-likeness (QED) is 0.800. The van der Waals surface area contributed by atoms with E-state index in [4.69, 9.17) is 4.74 Å². The molecule has 1 amide bonds. The van der Waals surface area contributed by atoms with E-state index in [0.717, 1.165) is 15.9 Å². The van der Waals surface area contributed by atoms with Crippen LogP contribution in [0.25, 0.3) is 10.2 Å². The van der Waals surface area contributed by atoms with Crippen LogP contribution < -0.4 is 10.1 Å². The van der Waals surface area contributed by atoms with E-state index in [2.05, 4.69) is 10.3 Å². The van der Waals surface area contributed by atoms with Crippen LogP contribution in [-0.2, 0) is 0 Å². The summed E-state index contributed by atoms with van der Waals surface area (Å²) in [6.07, 6.45) is 0. The van der Waals surface area contributed by atoms with Gasteiger partial charge in [-0.1, -0.05) is 18.2 Å². The van der Waals surface area contributed by atoms with Gasteiger partial charge < -0.3 is 10.1 Å². The molecular weight excluding hydrogens is 272 g/mol. The van der Waals surface area contributed by atoms with Crippen LogP contribution in [0.4, 0.5) is 5.69 Å². The molecule has 0 saturated heterocycles. The first-order valence-corrected chi connectivity index (χ1v) is 6.93. The minimum atomic E-state index is -0.162. The lowest BCUT2D eigenvalue weighted by Gasteiger charge is -2.07. The number of nitrogens with one attached hydrogen (secondary N) is 1. The summed E-state index contributed by atoms with van der Waals surface area (Å²) in [6, 6.07) is 12.9. The fraction of sp³-hybridized carbons (Fsp3) is 0.0667. The Labute approximate surface area is 120 Å². The third-order valence-electron chi connectivity index (χ3n) is 2.92. The molecule has 20 heavy (non-hydrogen) atoms. The molecule has 2 aromatic carbocycles. The van der Waals surface area contributed by atoms with Gasteiger partial charge in [0.05, 0.1) is 17.3 Å². The topological polar surface area (TPSA) is 51.2 Å². The van der Waals surface area contributed by atoms with Crippen LogP contribution in [0.1, 0.15) is 10.4 Å². The summed E-state index contributed by atoms with van der Waals surface area (Å²) < 4.78 is 6.22. The van der Waals surface area contributed by atoms with Gasteiger partial charge in [-0.2, -0.15) is 0 Å². The second-order valence-corrected chi connectivity index (χ2v) is 5.08. The number of ether oxygens (including phenoxy) is 1. The Bertz CT molecular complexity index is 753. The smallest absolute Gasteiger partial charge is 0.255 e. The van der Waals surface area contributed by atoms with Gasteiger partial charge in [0.2, 0.25) is 0 Å². The normalized spacial score (nSPS) is 10.4. The number of hydrogen-bond acceptors (Lipinski definition) is 4. The van der Waals surface area contributed by atoms with Gasteiger partial charge in [0, 0.05) is 11.3 Å². The van der Waals surface area contributed by atoms with E-state index in [9.17, 15) is 4.79 Å². The molecule has 5 heteroatoms. The third kappa shape index (κ3) is 2.35. The lowest BCUT2D eigenvalue weighted by Crippen LogP contribution is -2.11. The van der Waals surface area contributed by atoms with Gasteiger partial charge in [0.15, 0.2) is 0 Å². The molecule has 0 unspecified atom stereocenters. The van der Waals surface area contributed by atoms with Crippen molar-refractivity contribution in [3.05, 3.63) is 53.5 Å². The number of benzene rings is 2. The summed E-state index contributed by atoms with van der Waals surface area (Å²) in [5.74, 6) is 0.451. The Morgan fingerprint density at radius 1 is 1.25 bits per heavy atom. The number of thiazole rings is 1. The number of nitrogens with zero attached hydrogens (tertiary/aromatic N) is 1. The molecule has 1 aromatic heterocycles. The van der Waals surface area contributed by atoms with E-state index >= 15 is 0 Å². The molecule has 3 rings (SSSR count). The van der Waals surface area contributed by atoms with Crippen LogP contribution in [-0.4, -0.2) is 18.0 Å². The van der Waals surface area contributed by atoms with Gasteiger partial charge in [-0.15, -0.1) is 11.3 Å². The number of para-hydroxylation sites is 1. The molecule has 3 aromatic rings. The first kappa shape index (κ1) is 12.6. The standard InChI is InChI=1S/C15H12N2O2S/c1-19-12-7-10(8-13-14(12)16-9-20-13)15(18)17-11-5-3-2-4-6-11/h2-9H,1H3,(H,17,18). The average molecular weight is 284 g/mol. The maximum Gasteiger partial charge on any atom is 0.255 e. The predicted octanol–water partition coefficient (Wildman–Crippen LogP) is 3.56. The molecular formula is C15H12N2O2S. The summed E-state index contributed by atoms with van der Waals surface area (Å²) in [5, 5.41) is 2.86. The highest BCUT2D eigenvalue weighted by Gasteiger charge is 2.12. The van der Waals surface area contributed by atoms with Crippen molar-refractivity contribution in [2.45, 2.75) is 0 Å². The largest absolute Gasteiger partial charge is 0.494 e. The highest BCUT2D eigenvalue weighted by atomic mass is 32.1. The first-order valence-electron chi connectivity index (χ1n) is 6.05. The summed E-state index contributed by atoms with van der Waals surface area (Å²) in [6.45, 7) is 0. The zero-order valence-electron chi connectivity index (χ0n) is 10.8. The number of fused-ring (bicyclic) bond motifs is 1. The molecule has 0 spiro atoms. The van der Waals surface area contributed by atoms with E-state index in [1.807, 2.05) is 36.4 Å². The van der Waals surface area contributed by atoms with Crippen molar-refractivity contribution in [1.29, 1.82) is 0 Å². The molecule has 100 valence electrons. The zero-order valence-corrected chi connectivity index (χ0v) is 11.6. The van der Waals surface area contributed by atoms with Gasteiger partial charge in [0.1, 0.15) is 11.3 Å². The van der Waals surface area contributed by atoms with Crippen molar-refractivity contribution in [3.8, 4) is 5.75 Å². The molecule has 0 bridgehead atoms. The van der Waals surface area contributed by atoms with E-state index in [1.165, 1.54) is 11.3 Å². The molecule has 0 fully saturated rings. The number of methoxy groups -OCH3 is 1. The van der Waals surface area contributed by atoms with Crippen LogP contribution >= 0.6 is 11.3 Å². The van der Waals surface area contributed by atoms with Crippen molar-refractivity contribution in [2.75, 3.05) is 12.4 Å². The summed E-state index contributed by atoms with van der Waals surface area (Å²) >= 11 is 1.48. The van der Waals surface area contributed by atoms with Crippen LogP contribution in [0.2, 0.25) is 0 Å². The number of aromatic nitrogens is 1. The SMILES string of the molecule is COc1cc(C(=O)Nc2ccccc2)cc2scnc12. The van der Waals surface area contributed by atoms with Crippen molar-refractivity contribution in [2.24, 2.45) is 0 Å². The second-order valence-electron chi connectivity index (χ2n) is 4.20. The van der Waals surface area contributed by atoms with E-state index in [0.29, 0.717) is 11.3 Å². The van der Waals surface area contributed by atoms with Gasteiger partial charge in [-0.05, 0) is 24.3 Å². The number of anilines is 1. The van der Waals surface area contributed by atoms with Gasteiger partial charge in [0.25, 0.3) is 5.91 Å². The van der Waals surface area contributed by atoms with Crippen molar-refractivity contribution in [3.63, 3.8) is 0 Å². The Hall–Kier alpha value is -2.40. The van der Waals surface area contributed by atoms with Crippen molar-refractivity contribution >= 4 is 33.1 Å². The fourth-order valence-corrected chi connectivity index (χ4v) is 2.68. The molecule has 1 heterocycles. The lowest BCUT2D eigenvalue weighted by atomic mass is 10.2. The molecule has 0 radical (unpaired) electrons. The van der Waals surface area contributed by atoms with Crippen LogP contribution in [0.5, 0.6) is 5.75 Å². The summed E-state index contributed by atoms with van der Waals surface area (Å²) in [5.41, 5.74) is 3.85. The Kier molecular flexibility index (Phi) is 3.35. The van der Waals surface area contributed by atoms with E-state index < -0.39 is 0 Å². The number of carbonyl (C=O) groups excluding carboxylic acids is 1. The Morgan fingerprint density at radius 2 is 2.05 bits per heavy atom. The molecule has 0 aliphatic heterocycles. The number of rotatable bonds is 3. The monoisotopic (exact) mass is 284 g/mol. The van der Waals surface area contributed by atoms with E-state index in [-0.39, 0.29) is 5.91 Å². The first-order chi connectivity index (χ1) is 9.78. The molecule has 0 atom stereocenters. The molecule has 0 aliphatic rings. The van der Waals surface area contributed by atoms with Crippen LogP contribution in [0, 0.1) is 0 Å². The average Bonchev–Trinajstić information content (AvgIpc) is 2.95. The molecule has 4 nitrogen and oxygen atoms in total. The number of hydrogen-bond donors (Lipinski definition) is 1. The maximum absolute atomic E-state index is 12.3. The minimum absolute atomic E-state index is 0.162. The van der Waals surface area contributed by atoms with Gasteiger partial charge >= 0.3 is 0 Å². The van der Waals surface area contributed by atoms with Gasteiger partial charge in [-0.3, -0.25) is 4.79 Å². The number of carbonyl (C=O) groups is 1. The molecule has 1 N–H and O–H groups in total. The fourth-order valence-electron chi connectivity index (χ4n) is 1.95. The van der Waals surface area contributed by atoms with Gasteiger partial charge in [-0.25, -0.2) is 4.98 Å². The van der Waals surface area contributed by atoms with Crippen LogP contribution in [0.3, 0.4) is 0 Å². The third-order valence-corrected chi connectivity index (χ3v) is 3.69. The van der Waals surface area contributed by atoms with Crippen LogP contribution in [0.15, 0.2) is 48.0 Å². The summed E-state index contributed by atoms with van der Waals surface area (Å²) in [7, 11) is 1.58. The molecule has 0 aliphatic carbocycles. The van der Waals surface area contributed by atoms with Crippen molar-refractivity contribution in [1.82, 2.24) is 4.98 Å². The number of amides is 1. The highest BCUT2D eigenvalue weighted by Crippen LogP contribution is 2.29.